The maximum absolute atomic E-state index is 13.5. The van der Waals surface area contributed by atoms with E-state index in [2.05, 4.69) is 58.1 Å². The average Bonchev–Trinajstić information content (AvgIpc) is 3.31. The molecule has 0 aliphatic heterocycles. The van der Waals surface area contributed by atoms with Gasteiger partial charge in [0.25, 0.3) is 0 Å². The number of rotatable bonds is 5. The van der Waals surface area contributed by atoms with Gasteiger partial charge in [-0.05, 0) is 54.1 Å². The molecule has 1 aliphatic rings. The number of benzene rings is 2. The zero-order valence-corrected chi connectivity index (χ0v) is 18.9. The quantitative estimate of drug-likeness (QED) is 0.418. The molecular weight excluding hydrogens is 385 g/mol. The second-order valence-electron chi connectivity index (χ2n) is 9.06. The number of hydrogen-bond acceptors (Lipinski definition) is 3. The van der Waals surface area contributed by atoms with Gasteiger partial charge in [-0.25, -0.2) is 9.37 Å². The summed E-state index contributed by atoms with van der Waals surface area (Å²) in [6.07, 6.45) is 1.22. The number of aromatic nitrogens is 1. The maximum atomic E-state index is 13.5. The molecule has 4 rings (SSSR count). The summed E-state index contributed by atoms with van der Waals surface area (Å²) < 4.78 is 20.9. The fraction of sp³-hybridized carbons (Fsp3) is 0.435. The summed E-state index contributed by atoms with van der Waals surface area (Å²) in [6.45, 7) is 11.1. The molecular formula is C23H27FNOSSi. The Hall–Kier alpha value is -1.56. The van der Waals surface area contributed by atoms with Gasteiger partial charge in [0.15, 0.2) is 0 Å². The first-order valence-electron chi connectivity index (χ1n) is 9.85. The fourth-order valence-electron chi connectivity index (χ4n) is 3.85. The van der Waals surface area contributed by atoms with E-state index in [-0.39, 0.29) is 17.3 Å². The zero-order valence-electron chi connectivity index (χ0n) is 17.1. The SMILES string of the molecule is C[Si](C)OC(c1cccc(C2CC2c2nc3cc(F)ccc3s2)c1)C(C)(C)C. The van der Waals surface area contributed by atoms with Crippen LogP contribution in [-0.2, 0) is 4.43 Å². The van der Waals surface area contributed by atoms with E-state index in [1.54, 1.807) is 11.3 Å². The lowest BCUT2D eigenvalue weighted by molar-refractivity contribution is 0.0865. The van der Waals surface area contributed by atoms with Crippen LogP contribution in [0.5, 0.6) is 0 Å². The van der Waals surface area contributed by atoms with E-state index in [9.17, 15) is 4.39 Å². The summed E-state index contributed by atoms with van der Waals surface area (Å²) in [7, 11) is -0.790. The third-order valence-corrected chi connectivity index (χ3v) is 7.13. The monoisotopic (exact) mass is 412 g/mol. The van der Waals surface area contributed by atoms with Gasteiger partial charge in [0.1, 0.15) is 5.82 Å². The van der Waals surface area contributed by atoms with E-state index in [0.29, 0.717) is 11.8 Å². The summed E-state index contributed by atoms with van der Waals surface area (Å²) in [5.41, 5.74) is 3.47. The molecule has 2 aromatic carbocycles. The minimum Gasteiger partial charge on any atom is -0.410 e. The largest absolute Gasteiger partial charge is 0.410 e. The van der Waals surface area contributed by atoms with Crippen molar-refractivity contribution in [2.75, 3.05) is 0 Å². The second-order valence-corrected chi connectivity index (χ2v) is 12.2. The van der Waals surface area contributed by atoms with Crippen LogP contribution in [0.1, 0.15) is 61.3 Å². The minimum atomic E-state index is -0.790. The average molecular weight is 413 g/mol. The smallest absolute Gasteiger partial charge is 0.205 e. The highest BCUT2D eigenvalue weighted by molar-refractivity contribution is 7.18. The van der Waals surface area contributed by atoms with E-state index in [1.807, 2.05) is 6.07 Å². The van der Waals surface area contributed by atoms with E-state index in [4.69, 9.17) is 9.41 Å². The third-order valence-electron chi connectivity index (χ3n) is 5.26. The first-order chi connectivity index (χ1) is 13.2. The highest BCUT2D eigenvalue weighted by Gasteiger charge is 2.42. The summed E-state index contributed by atoms with van der Waals surface area (Å²) in [4.78, 5) is 4.71. The van der Waals surface area contributed by atoms with Crippen molar-refractivity contribution in [1.29, 1.82) is 0 Å². The van der Waals surface area contributed by atoms with Gasteiger partial charge in [-0.15, -0.1) is 11.3 Å². The van der Waals surface area contributed by atoms with Crippen molar-refractivity contribution in [2.45, 2.75) is 58.2 Å². The highest BCUT2D eigenvalue weighted by atomic mass is 32.1. The molecule has 3 aromatic rings. The van der Waals surface area contributed by atoms with E-state index in [1.165, 1.54) is 23.3 Å². The zero-order chi connectivity index (χ0) is 20.1. The molecule has 1 fully saturated rings. The highest BCUT2D eigenvalue weighted by Crippen LogP contribution is 2.56. The normalized spacial score (nSPS) is 20.7. The third kappa shape index (κ3) is 4.07. The minimum absolute atomic E-state index is 0.0562. The van der Waals surface area contributed by atoms with Gasteiger partial charge in [-0.2, -0.15) is 0 Å². The van der Waals surface area contributed by atoms with Gasteiger partial charge in [-0.3, -0.25) is 0 Å². The van der Waals surface area contributed by atoms with Crippen molar-refractivity contribution in [3.63, 3.8) is 0 Å². The standard InChI is InChI=1S/C23H27FNOSSi/c1-23(2,3)21(26-28(4)5)15-8-6-7-14(11-15)17-13-18(17)22-25-19-12-16(24)9-10-20(19)27-22/h6-12,17-18,21H,13H2,1-5H3. The topological polar surface area (TPSA) is 22.1 Å². The molecule has 0 amide bonds. The Labute approximate surface area is 172 Å². The van der Waals surface area contributed by atoms with Crippen molar-refractivity contribution >= 4 is 30.6 Å². The molecule has 5 heteroatoms. The number of fused-ring (bicyclic) bond motifs is 1. The summed E-state index contributed by atoms with van der Waals surface area (Å²) >= 11 is 1.70. The van der Waals surface area contributed by atoms with Gasteiger partial charge in [-0.1, -0.05) is 45.0 Å². The fourth-order valence-corrected chi connectivity index (χ4v) is 5.93. The van der Waals surface area contributed by atoms with Crippen LogP contribution in [-0.4, -0.2) is 14.0 Å². The van der Waals surface area contributed by atoms with Crippen LogP contribution >= 0.6 is 11.3 Å². The van der Waals surface area contributed by atoms with Gasteiger partial charge < -0.3 is 4.43 Å². The van der Waals surface area contributed by atoms with Crippen LogP contribution in [0.3, 0.4) is 0 Å². The Bertz CT molecular complexity index is 994. The molecule has 0 spiro atoms. The molecule has 0 bridgehead atoms. The predicted molar refractivity (Wildman–Crippen MR) is 117 cm³/mol. The Morgan fingerprint density at radius 3 is 2.64 bits per heavy atom. The molecule has 2 nitrogen and oxygen atoms in total. The Balaban J connectivity index is 1.58. The van der Waals surface area contributed by atoms with Gasteiger partial charge in [0.05, 0.1) is 21.3 Å². The molecule has 1 aromatic heterocycles. The Morgan fingerprint density at radius 1 is 1.14 bits per heavy atom. The van der Waals surface area contributed by atoms with Crippen LogP contribution in [0.4, 0.5) is 4.39 Å². The van der Waals surface area contributed by atoms with Crippen molar-refractivity contribution in [2.24, 2.45) is 5.41 Å². The molecule has 3 atom stereocenters. The van der Waals surface area contributed by atoms with E-state index < -0.39 is 9.04 Å². The first-order valence-corrected chi connectivity index (χ1v) is 13.1. The number of halogens is 1. The van der Waals surface area contributed by atoms with Crippen LogP contribution < -0.4 is 0 Å². The van der Waals surface area contributed by atoms with Crippen LogP contribution in [0, 0.1) is 11.2 Å². The molecule has 1 aliphatic carbocycles. The lowest BCUT2D eigenvalue weighted by atomic mass is 9.84. The van der Waals surface area contributed by atoms with Crippen molar-refractivity contribution in [3.8, 4) is 0 Å². The Kier molecular flexibility index (Phi) is 5.19. The molecule has 1 saturated carbocycles. The van der Waals surface area contributed by atoms with Gasteiger partial charge in [0, 0.05) is 12.0 Å². The van der Waals surface area contributed by atoms with Crippen molar-refractivity contribution < 1.29 is 8.82 Å². The Morgan fingerprint density at radius 2 is 1.93 bits per heavy atom. The lowest BCUT2D eigenvalue weighted by Gasteiger charge is -2.33. The summed E-state index contributed by atoms with van der Waals surface area (Å²) in [5, 5.41) is 1.13. The van der Waals surface area contributed by atoms with Crippen molar-refractivity contribution in [3.05, 3.63) is 64.4 Å². The lowest BCUT2D eigenvalue weighted by Crippen LogP contribution is -2.26. The van der Waals surface area contributed by atoms with Crippen molar-refractivity contribution in [1.82, 2.24) is 4.98 Å². The van der Waals surface area contributed by atoms with Crippen LogP contribution in [0.2, 0.25) is 13.1 Å². The van der Waals surface area contributed by atoms with E-state index >= 15 is 0 Å². The molecule has 1 heterocycles. The van der Waals surface area contributed by atoms with Gasteiger partial charge in [0.2, 0.25) is 9.04 Å². The number of hydrogen-bond donors (Lipinski definition) is 0. The van der Waals surface area contributed by atoms with Gasteiger partial charge >= 0.3 is 0 Å². The van der Waals surface area contributed by atoms with E-state index in [0.717, 1.165) is 21.6 Å². The predicted octanol–water partition coefficient (Wildman–Crippen LogP) is 7.06. The second kappa shape index (κ2) is 7.36. The molecule has 0 saturated heterocycles. The molecule has 3 unspecified atom stereocenters. The molecule has 1 radical (unpaired) electrons. The van der Waals surface area contributed by atoms with Crippen LogP contribution in [0.15, 0.2) is 42.5 Å². The summed E-state index contributed by atoms with van der Waals surface area (Å²) in [6, 6.07) is 13.8. The summed E-state index contributed by atoms with van der Waals surface area (Å²) in [5.74, 6) is 0.728. The maximum Gasteiger partial charge on any atom is 0.205 e. The molecule has 147 valence electrons. The number of nitrogens with zero attached hydrogens (tertiary/aromatic N) is 1. The first kappa shape index (κ1) is 19.7. The molecule has 0 N–H and O–H groups in total. The number of thiazole rings is 1. The molecule has 28 heavy (non-hydrogen) atoms. The van der Waals surface area contributed by atoms with Crippen LogP contribution in [0.25, 0.3) is 10.2 Å².